The summed E-state index contributed by atoms with van der Waals surface area (Å²) in [5, 5.41) is 0.788. The minimum atomic E-state index is -0.490. The Balaban J connectivity index is 1.77. The van der Waals surface area contributed by atoms with E-state index in [0.717, 1.165) is 15.8 Å². The molecule has 0 spiro atoms. The molecule has 0 aromatic carbocycles. The molecule has 140 valence electrons. The van der Waals surface area contributed by atoms with Gasteiger partial charge in [0.15, 0.2) is 0 Å². The van der Waals surface area contributed by atoms with E-state index >= 15 is 0 Å². The molecular formula is C17H22N4O4S. The molecule has 2 aromatic heterocycles. The molecule has 0 unspecified atom stereocenters. The summed E-state index contributed by atoms with van der Waals surface area (Å²) in [5.41, 5.74) is 6.38. The second kappa shape index (κ2) is 6.33. The Morgan fingerprint density at radius 1 is 1.35 bits per heavy atom. The number of ether oxygens (including phenoxy) is 2. The predicted octanol–water partition coefficient (Wildman–Crippen LogP) is 0.750. The molecular weight excluding hydrogens is 356 g/mol. The minimum Gasteiger partial charge on any atom is -0.383 e. The van der Waals surface area contributed by atoms with E-state index in [-0.39, 0.29) is 23.9 Å². The van der Waals surface area contributed by atoms with Crippen molar-refractivity contribution in [1.82, 2.24) is 14.5 Å². The Bertz CT molecular complexity index is 927. The van der Waals surface area contributed by atoms with Crippen LogP contribution in [-0.2, 0) is 33.8 Å². The highest BCUT2D eigenvalue weighted by molar-refractivity contribution is 7.19. The van der Waals surface area contributed by atoms with Crippen molar-refractivity contribution in [3.8, 4) is 0 Å². The lowest BCUT2D eigenvalue weighted by atomic mass is 9.94. The van der Waals surface area contributed by atoms with Gasteiger partial charge < -0.3 is 20.1 Å². The van der Waals surface area contributed by atoms with Gasteiger partial charge in [0.2, 0.25) is 5.91 Å². The van der Waals surface area contributed by atoms with Gasteiger partial charge in [-0.3, -0.25) is 9.36 Å². The number of thiophene rings is 1. The number of fused-ring (bicyclic) bond motifs is 3. The van der Waals surface area contributed by atoms with Gasteiger partial charge in [-0.15, -0.1) is 11.3 Å². The number of hydrogen-bond donors (Lipinski definition) is 1. The van der Waals surface area contributed by atoms with Crippen molar-refractivity contribution in [2.24, 2.45) is 0 Å². The van der Waals surface area contributed by atoms with Crippen LogP contribution in [0.1, 0.15) is 24.3 Å². The van der Waals surface area contributed by atoms with Crippen LogP contribution < -0.4 is 11.4 Å². The van der Waals surface area contributed by atoms with Gasteiger partial charge in [-0.1, -0.05) is 0 Å². The summed E-state index contributed by atoms with van der Waals surface area (Å²) in [7, 11) is 0. The molecule has 0 aliphatic carbocycles. The van der Waals surface area contributed by atoms with E-state index in [1.54, 1.807) is 4.90 Å². The molecule has 0 saturated carbocycles. The first-order chi connectivity index (χ1) is 12.4. The molecule has 2 aliphatic heterocycles. The molecule has 4 heterocycles. The predicted molar refractivity (Wildman–Crippen MR) is 98.3 cm³/mol. The molecule has 2 aliphatic rings. The summed E-state index contributed by atoms with van der Waals surface area (Å²) in [5.74, 6) is 0.126. The topological polar surface area (TPSA) is 99.7 Å². The van der Waals surface area contributed by atoms with Gasteiger partial charge in [0, 0.05) is 24.4 Å². The zero-order chi connectivity index (χ0) is 18.5. The zero-order valence-electron chi connectivity index (χ0n) is 14.9. The summed E-state index contributed by atoms with van der Waals surface area (Å²) < 4.78 is 12.6. The maximum Gasteiger partial charge on any atom is 0.351 e. The van der Waals surface area contributed by atoms with Crippen molar-refractivity contribution in [1.29, 1.82) is 0 Å². The van der Waals surface area contributed by atoms with Gasteiger partial charge in [0.25, 0.3) is 0 Å². The van der Waals surface area contributed by atoms with Crippen LogP contribution in [0, 0.1) is 0 Å². The minimum absolute atomic E-state index is 0.0355. The number of nitrogen functional groups attached to an aromatic ring is 1. The number of nitrogens with two attached hydrogens (primary N) is 1. The van der Waals surface area contributed by atoms with Crippen molar-refractivity contribution in [2.45, 2.75) is 39.0 Å². The third kappa shape index (κ3) is 3.00. The molecule has 9 heteroatoms. The fourth-order valence-corrected chi connectivity index (χ4v) is 4.72. The molecule has 0 atom stereocenters. The van der Waals surface area contributed by atoms with Gasteiger partial charge in [-0.2, -0.15) is 4.98 Å². The number of carbonyl (C=O) groups excluding carboxylic acids is 1. The molecule has 8 nitrogen and oxygen atoms in total. The third-order valence-electron chi connectivity index (χ3n) is 4.87. The van der Waals surface area contributed by atoms with Crippen molar-refractivity contribution >= 4 is 33.3 Å². The summed E-state index contributed by atoms with van der Waals surface area (Å²) in [6.07, 6.45) is 0.698. The summed E-state index contributed by atoms with van der Waals surface area (Å²) in [6, 6.07) is 0. The molecule has 26 heavy (non-hydrogen) atoms. The Kier molecular flexibility index (Phi) is 4.25. The number of nitrogens with zero attached hydrogens (tertiary/aromatic N) is 3. The largest absolute Gasteiger partial charge is 0.383 e. The lowest BCUT2D eigenvalue weighted by Gasteiger charge is -2.30. The zero-order valence-corrected chi connectivity index (χ0v) is 15.7. The second-order valence-electron chi connectivity index (χ2n) is 7.27. The monoisotopic (exact) mass is 378 g/mol. The van der Waals surface area contributed by atoms with E-state index < -0.39 is 5.69 Å². The van der Waals surface area contributed by atoms with E-state index in [2.05, 4.69) is 4.98 Å². The van der Waals surface area contributed by atoms with Crippen LogP contribution in [0.25, 0.3) is 10.2 Å². The van der Waals surface area contributed by atoms with Gasteiger partial charge in [0.05, 0.1) is 30.8 Å². The van der Waals surface area contributed by atoms with Crippen molar-refractivity contribution in [3.05, 3.63) is 20.9 Å². The van der Waals surface area contributed by atoms with E-state index in [4.69, 9.17) is 15.2 Å². The van der Waals surface area contributed by atoms with Crippen LogP contribution in [0.5, 0.6) is 0 Å². The summed E-state index contributed by atoms with van der Waals surface area (Å²) in [4.78, 5) is 32.5. The second-order valence-corrected chi connectivity index (χ2v) is 8.35. The fraction of sp³-hybridized carbons (Fsp3) is 0.588. The first kappa shape index (κ1) is 17.4. The SMILES string of the molecule is CC1(C)Cc2c(sc3c2c(N)nc(=O)n3CC(=O)N2CCOCC2)CO1. The van der Waals surface area contributed by atoms with Gasteiger partial charge in [0.1, 0.15) is 17.2 Å². The maximum absolute atomic E-state index is 12.6. The molecule has 1 fully saturated rings. The van der Waals surface area contributed by atoms with Crippen LogP contribution in [0.2, 0.25) is 0 Å². The van der Waals surface area contributed by atoms with Crippen LogP contribution in [-0.4, -0.2) is 52.3 Å². The van der Waals surface area contributed by atoms with Gasteiger partial charge >= 0.3 is 5.69 Å². The molecule has 2 aromatic rings. The Labute approximate surface area is 154 Å². The maximum atomic E-state index is 12.6. The van der Waals surface area contributed by atoms with Gasteiger partial charge in [-0.05, 0) is 19.4 Å². The number of rotatable bonds is 2. The molecule has 0 radical (unpaired) electrons. The molecule has 1 saturated heterocycles. The van der Waals surface area contributed by atoms with E-state index in [9.17, 15) is 9.59 Å². The van der Waals surface area contributed by atoms with Crippen molar-refractivity contribution < 1.29 is 14.3 Å². The number of aromatic nitrogens is 2. The number of hydrogen-bond acceptors (Lipinski definition) is 7. The lowest BCUT2D eigenvalue weighted by Crippen LogP contribution is -2.43. The quantitative estimate of drug-likeness (QED) is 0.828. The Morgan fingerprint density at radius 2 is 2.08 bits per heavy atom. The van der Waals surface area contributed by atoms with Crippen LogP contribution in [0.15, 0.2) is 4.79 Å². The molecule has 4 rings (SSSR count). The van der Waals surface area contributed by atoms with Crippen LogP contribution >= 0.6 is 11.3 Å². The highest BCUT2D eigenvalue weighted by Gasteiger charge is 2.31. The molecule has 0 bridgehead atoms. The van der Waals surface area contributed by atoms with E-state index in [0.29, 0.717) is 44.2 Å². The number of morpholine rings is 1. The Morgan fingerprint density at radius 3 is 2.81 bits per heavy atom. The number of anilines is 1. The van der Waals surface area contributed by atoms with E-state index in [1.165, 1.54) is 15.9 Å². The highest BCUT2D eigenvalue weighted by Crippen LogP contribution is 2.40. The summed E-state index contributed by atoms with van der Waals surface area (Å²) in [6.45, 7) is 6.64. The van der Waals surface area contributed by atoms with Crippen molar-refractivity contribution in [2.75, 3.05) is 32.0 Å². The number of amides is 1. The average molecular weight is 378 g/mol. The van der Waals surface area contributed by atoms with Crippen LogP contribution in [0.4, 0.5) is 5.82 Å². The van der Waals surface area contributed by atoms with Crippen LogP contribution in [0.3, 0.4) is 0 Å². The third-order valence-corrected chi connectivity index (χ3v) is 6.10. The van der Waals surface area contributed by atoms with Gasteiger partial charge in [-0.25, -0.2) is 4.79 Å². The first-order valence-electron chi connectivity index (χ1n) is 8.66. The number of carbonyl (C=O) groups is 1. The van der Waals surface area contributed by atoms with E-state index in [1.807, 2.05) is 13.8 Å². The normalized spacial score (nSPS) is 19.5. The fourth-order valence-electron chi connectivity index (χ4n) is 3.49. The lowest BCUT2D eigenvalue weighted by molar-refractivity contribution is -0.135. The smallest absolute Gasteiger partial charge is 0.351 e. The average Bonchev–Trinajstić information content (AvgIpc) is 2.97. The summed E-state index contributed by atoms with van der Waals surface area (Å²) >= 11 is 1.47. The molecule has 2 N–H and O–H groups in total. The van der Waals surface area contributed by atoms with Crippen molar-refractivity contribution in [3.63, 3.8) is 0 Å². The Hall–Kier alpha value is -1.97. The first-order valence-corrected chi connectivity index (χ1v) is 9.47. The highest BCUT2D eigenvalue weighted by atomic mass is 32.1. The molecule has 1 amide bonds. The standard InChI is InChI=1S/C17H22N4O4S/c1-17(2)7-10-11(9-25-17)26-15-13(10)14(18)19-16(23)21(15)8-12(22)20-3-5-24-6-4-20/h3-9H2,1-2H3,(H2,18,19,23).